The average Bonchev–Trinajstić information content (AvgIpc) is 3.28. The lowest BCUT2D eigenvalue weighted by molar-refractivity contribution is -0.114. The topological polar surface area (TPSA) is 178 Å². The van der Waals surface area contributed by atoms with E-state index in [1.165, 1.54) is 11.0 Å². The Hall–Kier alpha value is -3.77. The number of likely N-dealkylation sites (tertiary alicyclic amines) is 1. The Balaban J connectivity index is 1.61. The van der Waals surface area contributed by atoms with Crippen molar-refractivity contribution in [1.82, 2.24) is 9.88 Å². The Morgan fingerprint density at radius 1 is 1.22 bits per heavy atom. The molecule has 1 aromatic carbocycles. The van der Waals surface area contributed by atoms with Crippen LogP contribution in [0.5, 0.6) is 5.75 Å². The van der Waals surface area contributed by atoms with E-state index in [1.807, 2.05) is 0 Å². The summed E-state index contributed by atoms with van der Waals surface area (Å²) in [6, 6.07) is 9.66. The van der Waals surface area contributed by atoms with Crippen LogP contribution in [0.1, 0.15) is 12.8 Å². The number of nitrogens with one attached hydrogen (secondary N) is 1. The number of aliphatic hydroxyl groups excluding tert-OH is 1. The summed E-state index contributed by atoms with van der Waals surface area (Å²) in [6.45, 7) is -0.0506. The van der Waals surface area contributed by atoms with E-state index in [2.05, 4.69) is 20.5 Å². The SMILES string of the molecule is NCC(=O)Nc1ccc(N=Nc2ccccc2OCOC(=O)N2CCCC2CO)c(N)n1. The first-order chi connectivity index (χ1) is 15.5. The lowest BCUT2D eigenvalue weighted by atomic mass is 10.2. The second-order valence-electron chi connectivity index (χ2n) is 6.87. The highest BCUT2D eigenvalue weighted by Crippen LogP contribution is 2.30. The van der Waals surface area contributed by atoms with Gasteiger partial charge in [0.05, 0.1) is 19.2 Å². The number of anilines is 2. The van der Waals surface area contributed by atoms with Gasteiger partial charge in [0, 0.05) is 6.54 Å². The number of hydrogen-bond acceptors (Lipinski definition) is 10. The first-order valence-electron chi connectivity index (χ1n) is 9.96. The quantitative estimate of drug-likeness (QED) is 0.353. The molecule has 2 aromatic rings. The van der Waals surface area contributed by atoms with Crippen LogP contribution in [0, 0.1) is 0 Å². The van der Waals surface area contributed by atoms with E-state index in [4.69, 9.17) is 20.9 Å². The van der Waals surface area contributed by atoms with Crippen LogP contribution < -0.4 is 21.5 Å². The predicted octanol–water partition coefficient (Wildman–Crippen LogP) is 1.91. The van der Waals surface area contributed by atoms with E-state index in [1.54, 1.807) is 30.3 Å². The van der Waals surface area contributed by atoms with Gasteiger partial charge in [-0.05, 0) is 37.1 Å². The number of aromatic nitrogens is 1. The monoisotopic (exact) mass is 443 g/mol. The van der Waals surface area contributed by atoms with Crippen LogP contribution in [0.3, 0.4) is 0 Å². The fourth-order valence-corrected chi connectivity index (χ4v) is 3.08. The van der Waals surface area contributed by atoms with Crippen molar-refractivity contribution in [2.45, 2.75) is 18.9 Å². The lowest BCUT2D eigenvalue weighted by Crippen LogP contribution is -2.38. The van der Waals surface area contributed by atoms with Gasteiger partial charge in [-0.25, -0.2) is 9.78 Å². The lowest BCUT2D eigenvalue weighted by Gasteiger charge is -2.22. The van der Waals surface area contributed by atoms with Gasteiger partial charge >= 0.3 is 6.09 Å². The average molecular weight is 443 g/mol. The molecular weight excluding hydrogens is 418 g/mol. The number of amides is 2. The van der Waals surface area contributed by atoms with Crippen LogP contribution in [0.15, 0.2) is 46.6 Å². The number of azo groups is 1. The molecule has 12 nitrogen and oxygen atoms in total. The second-order valence-corrected chi connectivity index (χ2v) is 6.87. The molecule has 170 valence electrons. The van der Waals surface area contributed by atoms with Crippen LogP contribution in [0.25, 0.3) is 0 Å². The number of nitrogens with two attached hydrogens (primary N) is 2. The number of nitrogen functional groups attached to an aromatic ring is 1. The molecule has 2 amide bonds. The van der Waals surface area contributed by atoms with Crippen LogP contribution in [-0.4, -0.2) is 59.5 Å². The number of carbonyl (C=O) groups excluding carboxylic acids is 2. The molecule has 2 heterocycles. The van der Waals surface area contributed by atoms with Crippen molar-refractivity contribution >= 4 is 35.0 Å². The number of ether oxygens (including phenoxy) is 2. The maximum Gasteiger partial charge on any atom is 0.412 e. The Morgan fingerprint density at radius 3 is 2.75 bits per heavy atom. The van der Waals surface area contributed by atoms with E-state index in [9.17, 15) is 14.7 Å². The molecule has 1 saturated heterocycles. The van der Waals surface area contributed by atoms with E-state index in [0.717, 1.165) is 12.8 Å². The molecule has 0 spiro atoms. The molecule has 1 unspecified atom stereocenters. The van der Waals surface area contributed by atoms with Crippen molar-refractivity contribution in [2.24, 2.45) is 16.0 Å². The van der Waals surface area contributed by atoms with Gasteiger partial charge < -0.3 is 36.3 Å². The van der Waals surface area contributed by atoms with E-state index >= 15 is 0 Å². The zero-order chi connectivity index (χ0) is 22.9. The smallest absolute Gasteiger partial charge is 0.412 e. The summed E-state index contributed by atoms with van der Waals surface area (Å²) in [6.07, 6.45) is 1.03. The van der Waals surface area contributed by atoms with Crippen molar-refractivity contribution in [3.05, 3.63) is 36.4 Å². The zero-order valence-corrected chi connectivity index (χ0v) is 17.3. The molecule has 0 aliphatic carbocycles. The summed E-state index contributed by atoms with van der Waals surface area (Å²) < 4.78 is 10.7. The molecule has 1 aliphatic heterocycles. The standard InChI is InChI=1S/C20H25N7O5/c21-10-18(29)23-17-8-7-15(19(22)24-17)26-25-14-5-1-2-6-16(14)31-12-32-20(30)27-9-3-4-13(27)11-28/h1-2,5-8,13,28H,3-4,9-12,21H2,(H3,22,23,24,29). The molecule has 1 atom stereocenters. The van der Waals surface area contributed by atoms with Gasteiger partial charge in [0.1, 0.15) is 17.2 Å². The summed E-state index contributed by atoms with van der Waals surface area (Å²) in [5.74, 6) is 0.279. The maximum absolute atomic E-state index is 12.2. The van der Waals surface area contributed by atoms with Crippen molar-refractivity contribution < 1.29 is 24.2 Å². The van der Waals surface area contributed by atoms with Crippen molar-refractivity contribution in [1.29, 1.82) is 0 Å². The highest BCUT2D eigenvalue weighted by atomic mass is 16.7. The van der Waals surface area contributed by atoms with Gasteiger partial charge in [0.25, 0.3) is 0 Å². The Labute approximate surface area is 184 Å². The second kappa shape index (κ2) is 11.0. The summed E-state index contributed by atoms with van der Waals surface area (Å²) in [5, 5.41) is 20.0. The number of carbonyl (C=O) groups is 2. The van der Waals surface area contributed by atoms with Gasteiger partial charge in [-0.3, -0.25) is 4.79 Å². The summed E-state index contributed by atoms with van der Waals surface area (Å²) in [5.41, 5.74) is 11.8. The molecule has 0 radical (unpaired) electrons. The fraction of sp³-hybridized carbons (Fsp3) is 0.350. The summed E-state index contributed by atoms with van der Waals surface area (Å²) in [4.78, 5) is 29.0. The first kappa shape index (κ1) is 22.9. The molecule has 32 heavy (non-hydrogen) atoms. The van der Waals surface area contributed by atoms with Crippen molar-refractivity contribution in [2.75, 3.05) is 37.5 Å². The van der Waals surface area contributed by atoms with E-state index in [-0.39, 0.29) is 37.6 Å². The highest BCUT2D eigenvalue weighted by Gasteiger charge is 2.29. The minimum atomic E-state index is -0.540. The summed E-state index contributed by atoms with van der Waals surface area (Å²) in [7, 11) is 0. The molecule has 12 heteroatoms. The number of hydrogen-bond donors (Lipinski definition) is 4. The van der Waals surface area contributed by atoms with Gasteiger partial charge in [-0.2, -0.15) is 0 Å². The van der Waals surface area contributed by atoms with Gasteiger partial charge in [-0.1, -0.05) is 12.1 Å². The third-order valence-corrected chi connectivity index (χ3v) is 4.71. The number of rotatable bonds is 8. The van der Waals surface area contributed by atoms with Crippen LogP contribution >= 0.6 is 0 Å². The Bertz CT molecular complexity index is 985. The Morgan fingerprint density at radius 2 is 2.00 bits per heavy atom. The van der Waals surface area contributed by atoms with Gasteiger partial charge in [-0.15, -0.1) is 10.2 Å². The van der Waals surface area contributed by atoms with E-state index < -0.39 is 12.0 Å². The van der Waals surface area contributed by atoms with Gasteiger partial charge in [0.2, 0.25) is 12.7 Å². The van der Waals surface area contributed by atoms with Crippen LogP contribution in [0.4, 0.5) is 27.8 Å². The first-order valence-corrected chi connectivity index (χ1v) is 9.96. The highest BCUT2D eigenvalue weighted by molar-refractivity contribution is 5.91. The molecule has 0 saturated carbocycles. The number of nitrogens with zero attached hydrogens (tertiary/aromatic N) is 4. The molecule has 1 aromatic heterocycles. The minimum absolute atomic E-state index is 0.0694. The maximum atomic E-state index is 12.2. The zero-order valence-electron chi connectivity index (χ0n) is 17.3. The van der Waals surface area contributed by atoms with Gasteiger partial charge in [0.15, 0.2) is 11.6 Å². The van der Waals surface area contributed by atoms with E-state index in [0.29, 0.717) is 23.7 Å². The molecule has 6 N–H and O–H groups in total. The number of aliphatic hydroxyl groups is 1. The Kier molecular flexibility index (Phi) is 7.89. The molecule has 0 bridgehead atoms. The third kappa shape index (κ3) is 5.89. The number of para-hydroxylation sites is 1. The van der Waals surface area contributed by atoms with Crippen molar-refractivity contribution in [3.63, 3.8) is 0 Å². The minimum Gasteiger partial charge on any atom is -0.455 e. The normalized spacial score (nSPS) is 15.7. The molecule has 1 fully saturated rings. The van der Waals surface area contributed by atoms with Crippen molar-refractivity contribution in [3.8, 4) is 5.75 Å². The molecule has 3 rings (SSSR count). The molecular formula is C20H25N7O5. The van der Waals surface area contributed by atoms with Crippen LogP contribution in [-0.2, 0) is 9.53 Å². The van der Waals surface area contributed by atoms with Crippen LogP contribution in [0.2, 0.25) is 0 Å². The third-order valence-electron chi connectivity index (χ3n) is 4.71. The fourth-order valence-electron chi connectivity index (χ4n) is 3.08. The largest absolute Gasteiger partial charge is 0.455 e. The number of benzene rings is 1. The molecule has 1 aliphatic rings. The predicted molar refractivity (Wildman–Crippen MR) is 116 cm³/mol. The number of pyridine rings is 1. The summed E-state index contributed by atoms with van der Waals surface area (Å²) >= 11 is 0.